The normalized spacial score (nSPS) is 13.1. The molecular weight excluding hydrogens is 286 g/mol. The molecule has 0 aliphatic heterocycles. The lowest BCUT2D eigenvalue weighted by Gasteiger charge is -2.19. The van der Waals surface area contributed by atoms with Crippen molar-refractivity contribution >= 4 is 9.84 Å². The zero-order valence-electron chi connectivity index (χ0n) is 13.3. The fraction of sp³-hybridized carbons (Fsp3) is 0.625. The molecular formula is C16H27NO3S. The predicted molar refractivity (Wildman–Crippen MR) is 87.7 cm³/mol. The molecule has 1 aromatic rings. The quantitative estimate of drug-likeness (QED) is 0.721. The van der Waals surface area contributed by atoms with Crippen LogP contribution < -0.4 is 10.1 Å². The number of methoxy groups -OCH3 is 1. The van der Waals surface area contributed by atoms with Crippen molar-refractivity contribution in [1.29, 1.82) is 0 Å². The van der Waals surface area contributed by atoms with Crippen molar-refractivity contribution in [2.75, 3.05) is 25.7 Å². The number of hydrogen-bond acceptors (Lipinski definition) is 4. The first kappa shape index (κ1) is 18.0. The van der Waals surface area contributed by atoms with Crippen molar-refractivity contribution in [3.05, 3.63) is 29.8 Å². The van der Waals surface area contributed by atoms with Gasteiger partial charge in [-0.1, -0.05) is 25.1 Å². The fourth-order valence-corrected chi connectivity index (χ4v) is 3.04. The molecule has 0 aliphatic rings. The van der Waals surface area contributed by atoms with Crippen molar-refractivity contribution < 1.29 is 13.2 Å². The first-order valence-electron chi connectivity index (χ1n) is 7.49. The van der Waals surface area contributed by atoms with Crippen molar-refractivity contribution in [3.63, 3.8) is 0 Å². The predicted octanol–water partition coefficient (Wildman–Crippen LogP) is 2.43. The molecule has 120 valence electrons. The Labute approximate surface area is 128 Å². The van der Waals surface area contributed by atoms with E-state index in [9.17, 15) is 8.42 Å². The van der Waals surface area contributed by atoms with Crippen LogP contribution in [0.4, 0.5) is 0 Å². The van der Waals surface area contributed by atoms with E-state index in [2.05, 4.69) is 18.3 Å². The third kappa shape index (κ3) is 7.48. The summed E-state index contributed by atoms with van der Waals surface area (Å²) in [6.45, 7) is 3.07. The summed E-state index contributed by atoms with van der Waals surface area (Å²) in [5, 5.41) is 3.51. The van der Waals surface area contributed by atoms with Crippen LogP contribution in [-0.2, 0) is 16.3 Å². The molecule has 1 unspecified atom stereocenters. The standard InChI is InChI=1S/C16H27NO3S/c1-4-11-17-15(9-7-12-21(3,18)19)13-14-8-5-6-10-16(14)20-2/h5-6,8,10,15,17H,4,7,9,11-13H2,1-3H3. The van der Waals surface area contributed by atoms with Gasteiger partial charge >= 0.3 is 0 Å². The van der Waals surface area contributed by atoms with Crippen LogP contribution in [0.5, 0.6) is 5.75 Å². The van der Waals surface area contributed by atoms with Crippen LogP contribution in [-0.4, -0.2) is 40.1 Å². The van der Waals surface area contributed by atoms with Crippen LogP contribution in [0.3, 0.4) is 0 Å². The number of ether oxygens (including phenoxy) is 1. The summed E-state index contributed by atoms with van der Waals surface area (Å²) >= 11 is 0. The number of rotatable bonds is 10. The Morgan fingerprint density at radius 1 is 1.29 bits per heavy atom. The lowest BCUT2D eigenvalue weighted by molar-refractivity contribution is 0.401. The molecule has 0 radical (unpaired) electrons. The molecule has 0 fully saturated rings. The van der Waals surface area contributed by atoms with Crippen LogP contribution in [0.15, 0.2) is 24.3 Å². The molecule has 0 saturated heterocycles. The molecule has 21 heavy (non-hydrogen) atoms. The smallest absolute Gasteiger partial charge is 0.147 e. The van der Waals surface area contributed by atoms with Gasteiger partial charge in [-0.2, -0.15) is 0 Å². The maximum absolute atomic E-state index is 11.2. The summed E-state index contributed by atoms with van der Waals surface area (Å²) in [4.78, 5) is 0. The van der Waals surface area contributed by atoms with E-state index >= 15 is 0 Å². The summed E-state index contributed by atoms with van der Waals surface area (Å²) in [7, 11) is -1.20. The zero-order chi connectivity index (χ0) is 15.7. The number of para-hydroxylation sites is 1. The van der Waals surface area contributed by atoms with E-state index in [1.165, 1.54) is 6.26 Å². The Hall–Kier alpha value is -1.07. The SMILES string of the molecule is CCCNC(CCCS(C)(=O)=O)Cc1ccccc1OC. The van der Waals surface area contributed by atoms with Gasteiger partial charge in [0.15, 0.2) is 0 Å². The molecule has 5 heteroatoms. The van der Waals surface area contributed by atoms with Crippen molar-refractivity contribution in [2.24, 2.45) is 0 Å². The monoisotopic (exact) mass is 313 g/mol. The van der Waals surface area contributed by atoms with Gasteiger partial charge in [0.2, 0.25) is 0 Å². The van der Waals surface area contributed by atoms with Crippen LogP contribution in [0.1, 0.15) is 31.7 Å². The number of benzene rings is 1. The van der Waals surface area contributed by atoms with E-state index < -0.39 is 9.84 Å². The van der Waals surface area contributed by atoms with Crippen LogP contribution >= 0.6 is 0 Å². The maximum atomic E-state index is 11.2. The second-order valence-corrected chi connectivity index (χ2v) is 7.70. The average Bonchev–Trinajstić information content (AvgIpc) is 2.43. The molecule has 1 N–H and O–H groups in total. The van der Waals surface area contributed by atoms with Gasteiger partial charge in [-0.05, 0) is 43.9 Å². The highest BCUT2D eigenvalue weighted by molar-refractivity contribution is 7.90. The number of hydrogen-bond donors (Lipinski definition) is 1. The van der Waals surface area contributed by atoms with Gasteiger partial charge in [0.05, 0.1) is 7.11 Å². The largest absolute Gasteiger partial charge is 0.496 e. The Bertz CT molecular complexity index is 514. The van der Waals surface area contributed by atoms with Gasteiger partial charge in [-0.25, -0.2) is 8.42 Å². The van der Waals surface area contributed by atoms with Gasteiger partial charge in [-0.15, -0.1) is 0 Å². The van der Waals surface area contributed by atoms with Crippen molar-refractivity contribution in [3.8, 4) is 5.75 Å². The van der Waals surface area contributed by atoms with E-state index in [1.807, 2.05) is 18.2 Å². The third-order valence-corrected chi connectivity index (χ3v) is 4.44. The van der Waals surface area contributed by atoms with E-state index in [1.54, 1.807) is 7.11 Å². The van der Waals surface area contributed by atoms with E-state index in [0.717, 1.165) is 37.1 Å². The first-order chi connectivity index (χ1) is 9.96. The van der Waals surface area contributed by atoms with Crippen molar-refractivity contribution in [2.45, 2.75) is 38.6 Å². The highest BCUT2D eigenvalue weighted by Crippen LogP contribution is 2.20. The number of nitrogens with one attached hydrogen (secondary N) is 1. The van der Waals surface area contributed by atoms with E-state index in [-0.39, 0.29) is 11.8 Å². The topological polar surface area (TPSA) is 55.4 Å². The molecule has 1 aromatic carbocycles. The second-order valence-electron chi connectivity index (χ2n) is 5.44. The molecule has 1 atom stereocenters. The van der Waals surface area contributed by atoms with Gasteiger partial charge < -0.3 is 10.1 Å². The highest BCUT2D eigenvalue weighted by Gasteiger charge is 2.13. The molecule has 0 heterocycles. The van der Waals surface area contributed by atoms with Crippen molar-refractivity contribution in [1.82, 2.24) is 5.32 Å². The molecule has 4 nitrogen and oxygen atoms in total. The summed E-state index contributed by atoms with van der Waals surface area (Å²) in [6, 6.07) is 8.27. The van der Waals surface area contributed by atoms with Gasteiger partial charge in [-0.3, -0.25) is 0 Å². The zero-order valence-corrected chi connectivity index (χ0v) is 14.1. The molecule has 0 bridgehead atoms. The maximum Gasteiger partial charge on any atom is 0.147 e. The summed E-state index contributed by atoms with van der Waals surface area (Å²) in [6.07, 6.45) is 4.75. The molecule has 0 saturated carbocycles. The lowest BCUT2D eigenvalue weighted by atomic mass is 10.0. The lowest BCUT2D eigenvalue weighted by Crippen LogP contribution is -2.32. The Kier molecular flexibility index (Phi) is 7.75. The summed E-state index contributed by atoms with van der Waals surface area (Å²) < 4.78 is 27.9. The Balaban J connectivity index is 2.64. The summed E-state index contributed by atoms with van der Waals surface area (Å²) in [5.74, 6) is 1.15. The van der Waals surface area contributed by atoms with Crippen LogP contribution in [0.25, 0.3) is 0 Å². The second kappa shape index (κ2) is 9.05. The van der Waals surface area contributed by atoms with Gasteiger partial charge in [0.25, 0.3) is 0 Å². The molecule has 0 amide bonds. The molecule has 0 aromatic heterocycles. The van der Waals surface area contributed by atoms with Gasteiger partial charge in [0, 0.05) is 18.1 Å². The Morgan fingerprint density at radius 2 is 2.00 bits per heavy atom. The molecule has 0 aliphatic carbocycles. The summed E-state index contributed by atoms with van der Waals surface area (Å²) in [5.41, 5.74) is 1.16. The molecule has 1 rings (SSSR count). The first-order valence-corrected chi connectivity index (χ1v) is 9.55. The fourth-order valence-electron chi connectivity index (χ4n) is 2.35. The third-order valence-electron chi connectivity index (χ3n) is 3.41. The van der Waals surface area contributed by atoms with E-state index in [4.69, 9.17) is 4.74 Å². The average molecular weight is 313 g/mol. The minimum Gasteiger partial charge on any atom is -0.496 e. The highest BCUT2D eigenvalue weighted by atomic mass is 32.2. The molecule has 0 spiro atoms. The minimum absolute atomic E-state index is 0.253. The van der Waals surface area contributed by atoms with E-state index in [0.29, 0.717) is 6.42 Å². The Morgan fingerprint density at radius 3 is 2.62 bits per heavy atom. The van der Waals surface area contributed by atoms with Gasteiger partial charge in [0.1, 0.15) is 15.6 Å². The van der Waals surface area contributed by atoms with Crippen LogP contribution in [0.2, 0.25) is 0 Å². The number of sulfone groups is 1. The minimum atomic E-state index is -2.88. The van der Waals surface area contributed by atoms with Crippen LogP contribution in [0, 0.1) is 0 Å².